The molecule has 5 nitrogen and oxygen atoms in total. The first-order valence-corrected chi connectivity index (χ1v) is 5.34. The van der Waals surface area contributed by atoms with Crippen molar-refractivity contribution in [1.29, 1.82) is 0 Å². The number of aromatic nitrogens is 1. The summed E-state index contributed by atoms with van der Waals surface area (Å²) in [5.41, 5.74) is 8.45. The van der Waals surface area contributed by atoms with Crippen molar-refractivity contribution in [3.8, 4) is 0 Å². The minimum absolute atomic E-state index is 0.761. The van der Waals surface area contributed by atoms with E-state index in [0.717, 1.165) is 22.7 Å². The Hall–Kier alpha value is -2.14. The summed E-state index contributed by atoms with van der Waals surface area (Å²) < 4.78 is 0. The van der Waals surface area contributed by atoms with Crippen molar-refractivity contribution < 1.29 is 0 Å². The third kappa shape index (κ3) is 2.19. The normalized spacial score (nSPS) is 15.5. The van der Waals surface area contributed by atoms with Crippen molar-refractivity contribution in [3.05, 3.63) is 48.3 Å². The van der Waals surface area contributed by atoms with E-state index in [1.165, 1.54) is 0 Å². The molecule has 1 aliphatic heterocycles. The number of rotatable bonds is 3. The molecule has 0 saturated heterocycles. The predicted molar refractivity (Wildman–Crippen MR) is 68.7 cm³/mol. The maximum atomic E-state index is 4.39. The number of hydrazine groups is 2. The van der Waals surface area contributed by atoms with Gasteiger partial charge in [0, 0.05) is 13.2 Å². The van der Waals surface area contributed by atoms with Gasteiger partial charge in [-0.2, -0.15) is 0 Å². The van der Waals surface area contributed by atoms with Crippen molar-refractivity contribution >= 4 is 11.4 Å². The molecular weight excluding hydrogens is 214 g/mol. The molecule has 0 atom stereocenters. The second-order valence-electron chi connectivity index (χ2n) is 3.60. The summed E-state index contributed by atoms with van der Waals surface area (Å²) in [7, 11) is 1.87. The quantitative estimate of drug-likeness (QED) is 0.767. The number of amidine groups is 1. The Labute approximate surface area is 100 Å². The van der Waals surface area contributed by atoms with E-state index >= 15 is 0 Å². The fourth-order valence-electron chi connectivity index (χ4n) is 1.61. The number of allylic oxidation sites excluding steroid dienone is 3. The molecular formula is C12H15N5. The van der Waals surface area contributed by atoms with Crippen LogP contribution in [0.3, 0.4) is 0 Å². The Balaban J connectivity index is 2.27. The molecule has 1 aromatic heterocycles. The van der Waals surface area contributed by atoms with Crippen LogP contribution < -0.4 is 11.1 Å². The molecule has 1 aliphatic rings. The van der Waals surface area contributed by atoms with Crippen molar-refractivity contribution in [1.82, 2.24) is 21.1 Å². The summed E-state index contributed by atoms with van der Waals surface area (Å²) in [4.78, 5) is 4.39. The van der Waals surface area contributed by atoms with E-state index in [1.807, 2.05) is 44.5 Å². The maximum Gasteiger partial charge on any atom is 0.191 e. The lowest BCUT2D eigenvalue weighted by molar-refractivity contribution is 0.348. The molecule has 0 spiro atoms. The molecule has 0 radical (unpaired) electrons. The third-order valence-corrected chi connectivity index (χ3v) is 2.55. The standard InChI is InChI=1S/C12H15N5/c1-4-9(5-2)10-6-7-11(13-8-10)12-14-15-16-17(12)3/h4-8,15-16H,1H2,2-3H3/b9-5+. The summed E-state index contributed by atoms with van der Waals surface area (Å²) in [6, 6.07) is 3.94. The first kappa shape index (κ1) is 11.3. The summed E-state index contributed by atoms with van der Waals surface area (Å²) in [5.74, 6) is 0.761. The van der Waals surface area contributed by atoms with Gasteiger partial charge in [-0.3, -0.25) is 9.99 Å². The molecule has 0 unspecified atom stereocenters. The lowest BCUT2D eigenvalue weighted by Crippen LogP contribution is -2.37. The van der Waals surface area contributed by atoms with Crippen LogP contribution in [-0.2, 0) is 0 Å². The molecule has 0 saturated carbocycles. The van der Waals surface area contributed by atoms with E-state index in [2.05, 4.69) is 27.7 Å². The van der Waals surface area contributed by atoms with Crippen molar-refractivity contribution in [3.63, 3.8) is 0 Å². The molecule has 0 aliphatic carbocycles. The number of hydrogen-bond donors (Lipinski definition) is 2. The second kappa shape index (κ2) is 4.80. The summed E-state index contributed by atoms with van der Waals surface area (Å²) >= 11 is 0. The Morgan fingerprint density at radius 2 is 2.29 bits per heavy atom. The van der Waals surface area contributed by atoms with E-state index in [9.17, 15) is 0 Å². The summed E-state index contributed by atoms with van der Waals surface area (Å²) in [6.07, 6.45) is 5.64. The molecule has 1 aromatic rings. The molecule has 0 bridgehead atoms. The first-order valence-electron chi connectivity index (χ1n) is 5.34. The van der Waals surface area contributed by atoms with Crippen molar-refractivity contribution in [2.45, 2.75) is 6.92 Å². The van der Waals surface area contributed by atoms with Gasteiger partial charge in [-0.1, -0.05) is 24.8 Å². The number of hydrazone groups is 1. The monoisotopic (exact) mass is 229 g/mol. The van der Waals surface area contributed by atoms with Gasteiger partial charge in [-0.05, 0) is 24.1 Å². The first-order chi connectivity index (χ1) is 8.26. The number of nitrogens with one attached hydrogen (secondary N) is 2. The highest BCUT2D eigenvalue weighted by Gasteiger charge is 2.15. The molecule has 88 valence electrons. The summed E-state index contributed by atoms with van der Waals surface area (Å²) in [6.45, 7) is 5.75. The van der Waals surface area contributed by atoms with E-state index < -0.39 is 0 Å². The topological polar surface area (TPSA) is 52.6 Å². The van der Waals surface area contributed by atoms with Crippen molar-refractivity contribution in [2.75, 3.05) is 7.05 Å². The van der Waals surface area contributed by atoms with Gasteiger partial charge >= 0.3 is 0 Å². The zero-order valence-electron chi connectivity index (χ0n) is 9.94. The van der Waals surface area contributed by atoms with Crippen LogP contribution >= 0.6 is 0 Å². The van der Waals surface area contributed by atoms with Crippen LogP contribution in [0, 0.1) is 0 Å². The van der Waals surface area contributed by atoms with Gasteiger partial charge in [-0.15, -0.1) is 10.6 Å². The van der Waals surface area contributed by atoms with E-state index in [-0.39, 0.29) is 0 Å². The zero-order valence-corrected chi connectivity index (χ0v) is 9.94. The number of nitrogens with zero attached hydrogens (tertiary/aromatic N) is 3. The maximum absolute atomic E-state index is 4.39. The van der Waals surface area contributed by atoms with Gasteiger partial charge in [-0.25, -0.2) is 5.53 Å². The number of pyridine rings is 1. The lowest BCUT2D eigenvalue weighted by Gasteiger charge is -2.11. The molecule has 0 amide bonds. The van der Waals surface area contributed by atoms with Crippen LogP contribution in [0.1, 0.15) is 18.2 Å². The third-order valence-electron chi connectivity index (χ3n) is 2.55. The predicted octanol–water partition coefficient (Wildman–Crippen LogP) is 1.29. The minimum atomic E-state index is 0.761. The highest BCUT2D eigenvalue weighted by atomic mass is 15.8. The highest BCUT2D eigenvalue weighted by molar-refractivity contribution is 5.97. The SMILES string of the molecule is C=C/C(=C\C)c1ccc(C2=NNNN2C)nc1. The fourth-order valence-corrected chi connectivity index (χ4v) is 1.61. The largest absolute Gasteiger partial charge is 0.273 e. The Bertz CT molecular complexity index is 472. The molecule has 17 heavy (non-hydrogen) atoms. The van der Waals surface area contributed by atoms with Gasteiger partial charge in [0.25, 0.3) is 0 Å². The minimum Gasteiger partial charge on any atom is -0.273 e. The van der Waals surface area contributed by atoms with Gasteiger partial charge in [0.15, 0.2) is 5.84 Å². The second-order valence-corrected chi connectivity index (χ2v) is 3.60. The van der Waals surface area contributed by atoms with Gasteiger partial charge < -0.3 is 0 Å². The van der Waals surface area contributed by atoms with E-state index in [0.29, 0.717) is 0 Å². The highest BCUT2D eigenvalue weighted by Crippen LogP contribution is 2.15. The van der Waals surface area contributed by atoms with Crippen LogP contribution in [-0.4, -0.2) is 22.9 Å². The smallest absolute Gasteiger partial charge is 0.191 e. The van der Waals surface area contributed by atoms with Gasteiger partial charge in [0.1, 0.15) is 5.69 Å². The van der Waals surface area contributed by atoms with Gasteiger partial charge in [0.2, 0.25) is 0 Å². The molecule has 0 aromatic carbocycles. The zero-order chi connectivity index (χ0) is 12.3. The van der Waals surface area contributed by atoms with Crippen molar-refractivity contribution in [2.24, 2.45) is 5.10 Å². The summed E-state index contributed by atoms with van der Waals surface area (Å²) in [5, 5.41) is 5.86. The molecule has 5 heteroatoms. The molecule has 2 rings (SSSR count). The van der Waals surface area contributed by atoms with Gasteiger partial charge in [0.05, 0.1) is 0 Å². The Kier molecular flexibility index (Phi) is 3.20. The average Bonchev–Trinajstić information content (AvgIpc) is 2.78. The molecule has 0 fully saturated rings. The van der Waals surface area contributed by atoms with Crippen LogP contribution in [0.15, 0.2) is 42.2 Å². The van der Waals surface area contributed by atoms with Crippen LogP contribution in [0.4, 0.5) is 0 Å². The lowest BCUT2D eigenvalue weighted by atomic mass is 10.1. The van der Waals surface area contributed by atoms with Crippen LogP contribution in [0.25, 0.3) is 5.57 Å². The Morgan fingerprint density at radius 3 is 2.76 bits per heavy atom. The van der Waals surface area contributed by atoms with Crippen LogP contribution in [0.2, 0.25) is 0 Å². The van der Waals surface area contributed by atoms with Crippen LogP contribution in [0.5, 0.6) is 0 Å². The van der Waals surface area contributed by atoms with E-state index in [4.69, 9.17) is 0 Å². The van der Waals surface area contributed by atoms with E-state index in [1.54, 1.807) is 5.01 Å². The fraction of sp³-hybridized carbons (Fsp3) is 0.167. The average molecular weight is 229 g/mol. The molecule has 2 heterocycles. The molecule has 2 N–H and O–H groups in total. The number of hydrogen-bond acceptors (Lipinski definition) is 5. The Morgan fingerprint density at radius 1 is 1.47 bits per heavy atom.